The summed E-state index contributed by atoms with van der Waals surface area (Å²) in [6.45, 7) is 0. The molecule has 0 fully saturated rings. The van der Waals surface area contributed by atoms with E-state index in [4.69, 9.17) is 20.6 Å². The van der Waals surface area contributed by atoms with Crippen molar-refractivity contribution < 1.29 is 9.47 Å². The second kappa shape index (κ2) is 6.34. The van der Waals surface area contributed by atoms with Crippen molar-refractivity contribution in [2.45, 2.75) is 4.90 Å². The Bertz CT molecular complexity index is 629. The van der Waals surface area contributed by atoms with Crippen LogP contribution in [-0.4, -0.2) is 19.2 Å². The first kappa shape index (κ1) is 14.3. The van der Waals surface area contributed by atoms with Crippen LogP contribution < -0.4 is 15.2 Å². The Morgan fingerprint density at radius 2 is 1.70 bits per heavy atom. The summed E-state index contributed by atoms with van der Waals surface area (Å²) in [5.74, 6) is 1.76. The maximum Gasteiger partial charge on any atom is 0.169 e. The molecule has 0 saturated heterocycles. The molecular weight excluding hydrogens is 272 g/mol. The van der Waals surface area contributed by atoms with Gasteiger partial charge in [0.2, 0.25) is 0 Å². The number of nitrogens with one attached hydrogen (secondary N) is 1. The average Bonchev–Trinajstić information content (AvgIpc) is 2.47. The molecule has 5 heteroatoms. The third-order valence-corrected chi connectivity index (χ3v) is 3.55. The van der Waals surface area contributed by atoms with Gasteiger partial charge in [0, 0.05) is 4.90 Å². The van der Waals surface area contributed by atoms with E-state index in [-0.39, 0.29) is 5.84 Å². The zero-order valence-electron chi connectivity index (χ0n) is 11.3. The minimum absolute atomic E-state index is 0.0140. The molecule has 20 heavy (non-hydrogen) atoms. The number of rotatable bonds is 5. The van der Waals surface area contributed by atoms with E-state index in [0.29, 0.717) is 22.8 Å². The van der Waals surface area contributed by atoms with E-state index < -0.39 is 0 Å². The Labute approximate surface area is 122 Å². The molecule has 2 rings (SSSR count). The zero-order chi connectivity index (χ0) is 14.5. The molecule has 0 atom stereocenters. The SMILES string of the molecule is COc1ccccc1Oc1cccc(SC)c1C(=N)N. The van der Waals surface area contributed by atoms with Crippen LogP contribution in [0, 0.1) is 5.41 Å². The van der Waals surface area contributed by atoms with Gasteiger partial charge in [-0.25, -0.2) is 0 Å². The largest absolute Gasteiger partial charge is 0.493 e. The van der Waals surface area contributed by atoms with Crippen molar-refractivity contribution in [3.63, 3.8) is 0 Å². The number of methoxy groups -OCH3 is 1. The lowest BCUT2D eigenvalue weighted by Crippen LogP contribution is -2.13. The number of thioether (sulfide) groups is 1. The van der Waals surface area contributed by atoms with Gasteiger partial charge in [-0.3, -0.25) is 5.41 Å². The summed E-state index contributed by atoms with van der Waals surface area (Å²) >= 11 is 1.53. The molecule has 0 aliphatic rings. The maximum atomic E-state index is 7.74. The first-order valence-corrected chi connectivity index (χ1v) is 7.22. The normalized spacial score (nSPS) is 10.1. The molecule has 0 amide bonds. The van der Waals surface area contributed by atoms with Crippen molar-refractivity contribution in [3.05, 3.63) is 48.0 Å². The third kappa shape index (κ3) is 2.88. The van der Waals surface area contributed by atoms with Gasteiger partial charge in [0.25, 0.3) is 0 Å². The number of para-hydroxylation sites is 2. The first-order valence-electron chi connectivity index (χ1n) is 5.99. The lowest BCUT2D eigenvalue weighted by molar-refractivity contribution is 0.378. The van der Waals surface area contributed by atoms with Crippen LogP contribution in [0.25, 0.3) is 0 Å². The van der Waals surface area contributed by atoms with E-state index in [0.717, 1.165) is 4.90 Å². The molecule has 0 spiro atoms. The van der Waals surface area contributed by atoms with Gasteiger partial charge in [-0.2, -0.15) is 0 Å². The van der Waals surface area contributed by atoms with E-state index >= 15 is 0 Å². The Kier molecular flexibility index (Phi) is 4.53. The topological polar surface area (TPSA) is 68.3 Å². The fourth-order valence-electron chi connectivity index (χ4n) is 1.85. The van der Waals surface area contributed by atoms with Crippen molar-refractivity contribution in [2.75, 3.05) is 13.4 Å². The highest BCUT2D eigenvalue weighted by Gasteiger charge is 2.14. The number of nitrogen functional groups attached to an aromatic ring is 1. The summed E-state index contributed by atoms with van der Waals surface area (Å²) in [6, 6.07) is 13.0. The van der Waals surface area contributed by atoms with Crippen molar-refractivity contribution in [2.24, 2.45) is 5.73 Å². The predicted octanol–water partition coefficient (Wildman–Crippen LogP) is 3.49. The molecule has 0 bridgehead atoms. The Balaban J connectivity index is 2.46. The molecule has 2 aromatic rings. The zero-order valence-corrected chi connectivity index (χ0v) is 12.2. The molecule has 104 valence electrons. The second-order valence-corrected chi connectivity index (χ2v) is 4.85. The van der Waals surface area contributed by atoms with Gasteiger partial charge in [-0.15, -0.1) is 11.8 Å². The summed E-state index contributed by atoms with van der Waals surface area (Å²) < 4.78 is 11.1. The Morgan fingerprint density at radius 1 is 1.05 bits per heavy atom. The number of amidine groups is 1. The molecule has 0 aliphatic heterocycles. The first-order chi connectivity index (χ1) is 9.67. The van der Waals surface area contributed by atoms with Crippen LogP contribution in [0.4, 0.5) is 0 Å². The van der Waals surface area contributed by atoms with E-state index in [1.807, 2.05) is 42.7 Å². The van der Waals surface area contributed by atoms with Gasteiger partial charge in [0.1, 0.15) is 11.6 Å². The number of nitrogens with two attached hydrogens (primary N) is 1. The molecule has 0 saturated carbocycles. The number of hydrogen-bond donors (Lipinski definition) is 2. The molecule has 0 aromatic heterocycles. The van der Waals surface area contributed by atoms with Crippen LogP contribution >= 0.6 is 11.8 Å². The molecule has 0 heterocycles. The van der Waals surface area contributed by atoms with Gasteiger partial charge in [0.05, 0.1) is 12.7 Å². The molecule has 0 aliphatic carbocycles. The van der Waals surface area contributed by atoms with Gasteiger partial charge in [0.15, 0.2) is 11.5 Å². The van der Waals surface area contributed by atoms with Crippen LogP contribution in [0.2, 0.25) is 0 Å². The van der Waals surface area contributed by atoms with Crippen molar-refractivity contribution in [3.8, 4) is 17.2 Å². The fraction of sp³-hybridized carbons (Fsp3) is 0.133. The molecular formula is C15H16N2O2S. The molecule has 4 nitrogen and oxygen atoms in total. The van der Waals surface area contributed by atoms with Gasteiger partial charge >= 0.3 is 0 Å². The Morgan fingerprint density at radius 3 is 2.30 bits per heavy atom. The van der Waals surface area contributed by atoms with Crippen LogP contribution in [0.1, 0.15) is 5.56 Å². The lowest BCUT2D eigenvalue weighted by Gasteiger charge is -2.14. The van der Waals surface area contributed by atoms with Gasteiger partial charge in [-0.1, -0.05) is 18.2 Å². The Hall–Kier alpha value is -2.14. The lowest BCUT2D eigenvalue weighted by atomic mass is 10.2. The summed E-state index contributed by atoms with van der Waals surface area (Å²) in [4.78, 5) is 0.907. The highest BCUT2D eigenvalue weighted by molar-refractivity contribution is 7.98. The van der Waals surface area contributed by atoms with E-state index in [1.54, 1.807) is 13.2 Å². The van der Waals surface area contributed by atoms with Crippen molar-refractivity contribution >= 4 is 17.6 Å². The van der Waals surface area contributed by atoms with E-state index in [9.17, 15) is 0 Å². The van der Waals surface area contributed by atoms with Crippen molar-refractivity contribution in [1.29, 1.82) is 5.41 Å². The monoisotopic (exact) mass is 288 g/mol. The van der Waals surface area contributed by atoms with Crippen LogP contribution in [0.15, 0.2) is 47.4 Å². The minimum Gasteiger partial charge on any atom is -0.493 e. The molecule has 2 aromatic carbocycles. The number of benzene rings is 2. The fourth-order valence-corrected chi connectivity index (χ4v) is 2.48. The molecule has 3 N–H and O–H groups in total. The summed E-state index contributed by atoms with van der Waals surface area (Å²) in [5, 5.41) is 7.74. The van der Waals surface area contributed by atoms with Crippen LogP contribution in [0.3, 0.4) is 0 Å². The quantitative estimate of drug-likeness (QED) is 0.502. The second-order valence-electron chi connectivity index (χ2n) is 4.00. The average molecular weight is 288 g/mol. The maximum absolute atomic E-state index is 7.74. The molecule has 0 radical (unpaired) electrons. The van der Waals surface area contributed by atoms with Gasteiger partial charge in [-0.05, 0) is 30.5 Å². The van der Waals surface area contributed by atoms with E-state index in [2.05, 4.69) is 0 Å². The highest BCUT2D eigenvalue weighted by Crippen LogP contribution is 2.35. The smallest absolute Gasteiger partial charge is 0.169 e. The van der Waals surface area contributed by atoms with Crippen LogP contribution in [0.5, 0.6) is 17.2 Å². The minimum atomic E-state index is -0.0140. The molecule has 0 unspecified atom stereocenters. The summed E-state index contributed by atoms with van der Waals surface area (Å²) in [5.41, 5.74) is 6.28. The number of ether oxygens (including phenoxy) is 2. The standard InChI is InChI=1S/C15H16N2O2S/c1-18-10-6-3-4-7-11(10)19-12-8-5-9-13(20-2)14(12)15(16)17/h3-9H,1-2H3,(H3,16,17). The predicted molar refractivity (Wildman–Crippen MR) is 82.3 cm³/mol. The summed E-state index contributed by atoms with van der Waals surface area (Å²) in [6.07, 6.45) is 1.94. The third-order valence-electron chi connectivity index (χ3n) is 2.77. The van der Waals surface area contributed by atoms with Crippen molar-refractivity contribution in [1.82, 2.24) is 0 Å². The number of hydrogen-bond acceptors (Lipinski definition) is 4. The van der Waals surface area contributed by atoms with Crippen LogP contribution in [-0.2, 0) is 0 Å². The summed E-state index contributed by atoms with van der Waals surface area (Å²) in [7, 11) is 1.59. The van der Waals surface area contributed by atoms with E-state index in [1.165, 1.54) is 11.8 Å². The van der Waals surface area contributed by atoms with Gasteiger partial charge < -0.3 is 15.2 Å². The highest BCUT2D eigenvalue weighted by atomic mass is 32.2.